The molecule has 3 rings (SSSR count). The van der Waals surface area contributed by atoms with Gasteiger partial charge in [-0.15, -0.1) is 0 Å². The molecule has 0 spiro atoms. The van der Waals surface area contributed by atoms with Crippen LogP contribution in [0.2, 0.25) is 0 Å². The SMILES string of the molecule is Cc1cc(NC(=O)[C@@H](C)OC(=O)[C@H]2COc3ccccc3O2)no1. The summed E-state index contributed by atoms with van der Waals surface area (Å²) in [6.07, 6.45) is -1.94. The Morgan fingerprint density at radius 2 is 2.08 bits per heavy atom. The van der Waals surface area contributed by atoms with Crippen molar-refractivity contribution in [1.82, 2.24) is 5.16 Å². The van der Waals surface area contributed by atoms with E-state index in [0.29, 0.717) is 17.3 Å². The second kappa shape index (κ2) is 6.61. The molecule has 1 aliphatic heterocycles. The number of ether oxygens (including phenoxy) is 3. The molecule has 2 heterocycles. The summed E-state index contributed by atoms with van der Waals surface area (Å²) in [5.41, 5.74) is 0. The number of carbonyl (C=O) groups excluding carboxylic acids is 2. The third-order valence-electron chi connectivity index (χ3n) is 3.31. The summed E-state index contributed by atoms with van der Waals surface area (Å²) in [6.45, 7) is 3.18. The second-order valence-corrected chi connectivity index (χ2v) is 5.26. The monoisotopic (exact) mass is 332 g/mol. The van der Waals surface area contributed by atoms with Crippen molar-refractivity contribution in [2.45, 2.75) is 26.1 Å². The van der Waals surface area contributed by atoms with Gasteiger partial charge in [-0.3, -0.25) is 4.79 Å². The molecule has 0 bridgehead atoms. The Kier molecular flexibility index (Phi) is 4.37. The first-order valence-corrected chi connectivity index (χ1v) is 7.36. The maximum Gasteiger partial charge on any atom is 0.351 e. The number of aromatic nitrogens is 1. The van der Waals surface area contributed by atoms with Gasteiger partial charge in [0.2, 0.25) is 6.10 Å². The van der Waals surface area contributed by atoms with E-state index in [-0.39, 0.29) is 12.4 Å². The van der Waals surface area contributed by atoms with Crippen molar-refractivity contribution in [3.63, 3.8) is 0 Å². The average Bonchev–Trinajstić information content (AvgIpc) is 2.99. The van der Waals surface area contributed by atoms with Gasteiger partial charge in [0.05, 0.1) is 0 Å². The first-order chi connectivity index (χ1) is 11.5. The van der Waals surface area contributed by atoms with Crippen LogP contribution < -0.4 is 14.8 Å². The van der Waals surface area contributed by atoms with Gasteiger partial charge in [-0.1, -0.05) is 17.3 Å². The number of esters is 1. The Bertz CT molecular complexity index is 757. The van der Waals surface area contributed by atoms with Crippen LogP contribution in [-0.2, 0) is 14.3 Å². The van der Waals surface area contributed by atoms with Crippen molar-refractivity contribution < 1.29 is 28.3 Å². The van der Waals surface area contributed by atoms with Crippen molar-refractivity contribution in [1.29, 1.82) is 0 Å². The third-order valence-corrected chi connectivity index (χ3v) is 3.31. The fourth-order valence-corrected chi connectivity index (χ4v) is 2.09. The number of para-hydroxylation sites is 2. The van der Waals surface area contributed by atoms with Crippen LogP contribution in [-0.4, -0.2) is 35.8 Å². The first kappa shape index (κ1) is 15.9. The van der Waals surface area contributed by atoms with Gasteiger partial charge in [0.1, 0.15) is 12.4 Å². The number of nitrogens with one attached hydrogen (secondary N) is 1. The minimum Gasteiger partial charge on any atom is -0.485 e. The van der Waals surface area contributed by atoms with Crippen LogP contribution in [0.15, 0.2) is 34.9 Å². The molecule has 8 heteroatoms. The van der Waals surface area contributed by atoms with E-state index in [1.807, 2.05) is 0 Å². The van der Waals surface area contributed by atoms with E-state index in [1.54, 1.807) is 37.3 Å². The number of fused-ring (bicyclic) bond motifs is 1. The molecule has 0 saturated carbocycles. The Hall–Kier alpha value is -3.03. The number of hydrogen-bond donors (Lipinski definition) is 1. The van der Waals surface area contributed by atoms with Gasteiger partial charge in [0.15, 0.2) is 23.4 Å². The summed E-state index contributed by atoms with van der Waals surface area (Å²) < 4.78 is 21.0. The predicted molar refractivity (Wildman–Crippen MR) is 81.8 cm³/mol. The maximum atomic E-state index is 12.1. The van der Waals surface area contributed by atoms with Gasteiger partial charge in [-0.2, -0.15) is 0 Å². The lowest BCUT2D eigenvalue weighted by atomic mass is 10.2. The van der Waals surface area contributed by atoms with Crippen molar-refractivity contribution in [2.75, 3.05) is 11.9 Å². The highest BCUT2D eigenvalue weighted by atomic mass is 16.6. The summed E-state index contributed by atoms with van der Waals surface area (Å²) in [7, 11) is 0. The minimum absolute atomic E-state index is 0.0205. The lowest BCUT2D eigenvalue weighted by Gasteiger charge is -2.25. The number of hydrogen-bond acceptors (Lipinski definition) is 7. The van der Waals surface area contributed by atoms with Crippen LogP contribution in [0.3, 0.4) is 0 Å². The molecule has 0 fully saturated rings. The molecule has 1 aromatic heterocycles. The van der Waals surface area contributed by atoms with Crippen LogP contribution in [0, 0.1) is 6.92 Å². The summed E-state index contributed by atoms with van der Waals surface area (Å²) in [4.78, 5) is 24.1. The van der Waals surface area contributed by atoms with Gasteiger partial charge in [-0.25, -0.2) is 4.79 Å². The zero-order chi connectivity index (χ0) is 17.1. The molecule has 1 N–H and O–H groups in total. The lowest BCUT2D eigenvalue weighted by molar-refractivity contribution is -0.162. The van der Waals surface area contributed by atoms with Gasteiger partial charge >= 0.3 is 5.97 Å². The summed E-state index contributed by atoms with van der Waals surface area (Å²) in [6, 6.07) is 8.57. The molecule has 0 unspecified atom stereocenters. The molecule has 0 saturated heterocycles. The van der Waals surface area contributed by atoms with E-state index in [9.17, 15) is 9.59 Å². The van der Waals surface area contributed by atoms with Crippen LogP contribution >= 0.6 is 0 Å². The number of amides is 1. The van der Waals surface area contributed by atoms with E-state index in [0.717, 1.165) is 0 Å². The largest absolute Gasteiger partial charge is 0.485 e. The molecular weight excluding hydrogens is 316 g/mol. The quantitative estimate of drug-likeness (QED) is 0.850. The molecule has 126 valence electrons. The van der Waals surface area contributed by atoms with Gasteiger partial charge < -0.3 is 24.1 Å². The smallest absolute Gasteiger partial charge is 0.351 e. The molecule has 24 heavy (non-hydrogen) atoms. The summed E-state index contributed by atoms with van der Waals surface area (Å²) in [5.74, 6) is 0.639. The van der Waals surface area contributed by atoms with E-state index in [1.165, 1.54) is 6.92 Å². The zero-order valence-electron chi connectivity index (χ0n) is 13.1. The van der Waals surface area contributed by atoms with Crippen molar-refractivity contribution in [3.8, 4) is 11.5 Å². The molecule has 1 amide bonds. The number of nitrogens with zero attached hydrogens (tertiary/aromatic N) is 1. The number of rotatable bonds is 4. The Morgan fingerprint density at radius 3 is 2.79 bits per heavy atom. The fourth-order valence-electron chi connectivity index (χ4n) is 2.09. The third kappa shape index (κ3) is 3.48. The van der Waals surface area contributed by atoms with E-state index in [2.05, 4.69) is 10.5 Å². The summed E-state index contributed by atoms with van der Waals surface area (Å²) >= 11 is 0. The second-order valence-electron chi connectivity index (χ2n) is 5.26. The number of carbonyl (C=O) groups is 2. The molecule has 2 aromatic rings. The standard InChI is InChI=1S/C16H16N2O6/c1-9-7-14(18-24-9)17-15(19)10(2)22-16(20)13-8-21-11-5-3-4-6-12(11)23-13/h3-7,10,13H,8H2,1-2H3,(H,17,18,19)/t10-,13-/m1/s1. The topological polar surface area (TPSA) is 99.9 Å². The molecule has 1 aliphatic rings. The van der Waals surface area contributed by atoms with Gasteiger partial charge in [0.25, 0.3) is 5.91 Å². The van der Waals surface area contributed by atoms with E-state index in [4.69, 9.17) is 18.7 Å². The zero-order valence-corrected chi connectivity index (χ0v) is 13.1. The average molecular weight is 332 g/mol. The Labute approximate surface area is 137 Å². The van der Waals surface area contributed by atoms with Crippen LogP contribution in [0.25, 0.3) is 0 Å². The van der Waals surface area contributed by atoms with E-state index >= 15 is 0 Å². The summed E-state index contributed by atoms with van der Waals surface area (Å²) in [5, 5.41) is 6.13. The predicted octanol–water partition coefficient (Wildman–Crippen LogP) is 1.69. The molecular formula is C16H16N2O6. The fraction of sp³-hybridized carbons (Fsp3) is 0.312. The van der Waals surface area contributed by atoms with Crippen molar-refractivity contribution in [3.05, 3.63) is 36.1 Å². The number of anilines is 1. The molecule has 8 nitrogen and oxygen atoms in total. The van der Waals surface area contributed by atoms with Crippen LogP contribution in [0.1, 0.15) is 12.7 Å². The Morgan fingerprint density at radius 1 is 1.33 bits per heavy atom. The van der Waals surface area contributed by atoms with Gasteiger partial charge in [0, 0.05) is 6.07 Å². The van der Waals surface area contributed by atoms with Crippen LogP contribution in [0.5, 0.6) is 11.5 Å². The van der Waals surface area contributed by atoms with Crippen molar-refractivity contribution in [2.24, 2.45) is 0 Å². The lowest BCUT2D eigenvalue weighted by Crippen LogP contribution is -2.41. The molecule has 0 radical (unpaired) electrons. The number of benzene rings is 1. The Balaban J connectivity index is 1.55. The number of aryl methyl sites for hydroxylation is 1. The molecule has 0 aliphatic carbocycles. The first-order valence-electron chi connectivity index (χ1n) is 7.36. The van der Waals surface area contributed by atoms with E-state index < -0.39 is 24.1 Å². The highest BCUT2D eigenvalue weighted by Gasteiger charge is 2.31. The van der Waals surface area contributed by atoms with Crippen molar-refractivity contribution >= 4 is 17.7 Å². The van der Waals surface area contributed by atoms with Crippen LogP contribution in [0.4, 0.5) is 5.82 Å². The maximum absolute atomic E-state index is 12.1. The highest BCUT2D eigenvalue weighted by Crippen LogP contribution is 2.31. The van der Waals surface area contributed by atoms with Gasteiger partial charge in [-0.05, 0) is 26.0 Å². The minimum atomic E-state index is -1.02. The molecule has 1 aromatic carbocycles. The highest BCUT2D eigenvalue weighted by molar-refractivity contribution is 5.94. The molecule has 2 atom stereocenters. The normalized spacial score (nSPS) is 17.0.